The lowest BCUT2D eigenvalue weighted by atomic mass is 9.95. The van der Waals surface area contributed by atoms with Gasteiger partial charge >= 0.3 is 0 Å². The Labute approximate surface area is 343 Å². The largest absolute Gasteiger partial charge is 0.455 e. The Hall–Kier alpha value is -7.61. The van der Waals surface area contributed by atoms with Crippen molar-refractivity contribution in [3.63, 3.8) is 0 Å². The fourth-order valence-electron chi connectivity index (χ4n) is 9.48. The second-order valence-corrected chi connectivity index (χ2v) is 15.8. The molecular formula is C52H31N5OS. The van der Waals surface area contributed by atoms with Crippen molar-refractivity contribution in [1.82, 2.24) is 18.6 Å². The van der Waals surface area contributed by atoms with Crippen molar-refractivity contribution in [2.24, 2.45) is 4.99 Å². The molecule has 0 saturated carbocycles. The predicted molar refractivity (Wildman–Crippen MR) is 241 cm³/mol. The zero-order chi connectivity index (χ0) is 38.6. The number of benzene rings is 8. The predicted octanol–water partition coefficient (Wildman–Crippen LogP) is 12.5. The Morgan fingerprint density at radius 1 is 0.576 bits per heavy atom. The third kappa shape index (κ3) is 4.76. The van der Waals surface area contributed by atoms with Gasteiger partial charge in [0.15, 0.2) is 11.6 Å². The van der Waals surface area contributed by atoms with Gasteiger partial charge in [0.05, 0.1) is 22.8 Å². The molecule has 0 spiro atoms. The highest BCUT2D eigenvalue weighted by Crippen LogP contribution is 2.50. The first kappa shape index (κ1) is 32.5. The van der Waals surface area contributed by atoms with Crippen LogP contribution in [-0.2, 0) is 0 Å². The summed E-state index contributed by atoms with van der Waals surface area (Å²) >= 11 is 1.26. The molecule has 1 aliphatic carbocycles. The summed E-state index contributed by atoms with van der Waals surface area (Å²) in [6, 6.07) is 59.8. The van der Waals surface area contributed by atoms with Gasteiger partial charge in [0.2, 0.25) is 0 Å². The molecule has 0 saturated heterocycles. The van der Waals surface area contributed by atoms with Gasteiger partial charge in [-0.25, -0.2) is 4.99 Å². The van der Waals surface area contributed by atoms with E-state index in [2.05, 4.69) is 180 Å². The van der Waals surface area contributed by atoms with Crippen molar-refractivity contribution in [2.75, 3.05) is 0 Å². The van der Waals surface area contributed by atoms with Crippen LogP contribution in [-0.4, -0.2) is 19.1 Å². The van der Waals surface area contributed by atoms with Crippen LogP contribution in [0.2, 0.25) is 0 Å². The number of amidine groups is 1. The second-order valence-electron chi connectivity index (χ2n) is 15.3. The number of rotatable bonds is 4. The summed E-state index contributed by atoms with van der Waals surface area (Å²) in [4.78, 5) is 5.47. The fourth-order valence-corrected chi connectivity index (χ4v) is 10.1. The molecule has 0 amide bonds. The molecule has 0 bridgehead atoms. The summed E-state index contributed by atoms with van der Waals surface area (Å²) in [5.74, 6) is 3.14. The number of hydrogen-bond acceptors (Lipinski definition) is 6. The summed E-state index contributed by atoms with van der Waals surface area (Å²) in [5, 5.41) is 8.28. The molecule has 2 aliphatic heterocycles. The van der Waals surface area contributed by atoms with Crippen LogP contribution in [0.3, 0.4) is 0 Å². The molecule has 2 aromatic heterocycles. The quantitative estimate of drug-likeness (QED) is 0.193. The zero-order valence-corrected chi connectivity index (χ0v) is 32.2. The van der Waals surface area contributed by atoms with E-state index in [1.807, 2.05) is 6.07 Å². The minimum Gasteiger partial charge on any atom is -0.455 e. The summed E-state index contributed by atoms with van der Waals surface area (Å²) in [5.41, 5.74) is 15.3. The maximum atomic E-state index is 6.92. The first-order valence-electron chi connectivity index (χ1n) is 19.8. The van der Waals surface area contributed by atoms with Gasteiger partial charge in [0.25, 0.3) is 0 Å². The second kappa shape index (κ2) is 12.4. The van der Waals surface area contributed by atoms with E-state index in [0.717, 1.165) is 83.6 Å². The van der Waals surface area contributed by atoms with Crippen LogP contribution >= 0.6 is 11.7 Å². The number of nitrogens with zero attached hydrogens (tertiary/aromatic N) is 4. The number of aliphatic imine (C=N–C) groups is 1. The van der Waals surface area contributed by atoms with Gasteiger partial charge < -0.3 is 10.1 Å². The molecule has 4 heterocycles. The highest BCUT2D eigenvalue weighted by atomic mass is 32.1. The maximum absolute atomic E-state index is 6.92. The third-order valence-electron chi connectivity index (χ3n) is 12.1. The lowest BCUT2D eigenvalue weighted by molar-refractivity contribution is 0.417. The molecule has 1 N–H and O–H groups in total. The van der Waals surface area contributed by atoms with Gasteiger partial charge in [-0.3, -0.25) is 4.57 Å². The van der Waals surface area contributed by atoms with E-state index in [0.29, 0.717) is 0 Å². The topological polar surface area (TPSA) is 64.3 Å². The van der Waals surface area contributed by atoms with Gasteiger partial charge in [-0.2, -0.15) is 8.75 Å². The Morgan fingerprint density at radius 2 is 1.31 bits per heavy atom. The SMILES string of the molecule is C(=C1c2ccccc2-c2cc(-c3cc4c(c5ccccc5n4C4=C5Oc6ccc7ccccc7c6C5NC(c5ccccc5)=N4)c4nsnc34)ccc21)c1ccccc1. The van der Waals surface area contributed by atoms with Crippen molar-refractivity contribution in [3.05, 3.63) is 203 Å². The van der Waals surface area contributed by atoms with E-state index in [1.165, 1.54) is 50.5 Å². The molecule has 276 valence electrons. The summed E-state index contributed by atoms with van der Waals surface area (Å²) in [6.07, 6.45) is 2.30. The van der Waals surface area contributed by atoms with Crippen molar-refractivity contribution >= 4 is 78.6 Å². The van der Waals surface area contributed by atoms with E-state index in [4.69, 9.17) is 18.5 Å². The molecule has 8 aromatic carbocycles. The monoisotopic (exact) mass is 773 g/mol. The van der Waals surface area contributed by atoms with Gasteiger partial charge in [0, 0.05) is 27.5 Å². The van der Waals surface area contributed by atoms with E-state index in [9.17, 15) is 0 Å². The van der Waals surface area contributed by atoms with Crippen LogP contribution < -0.4 is 10.1 Å². The summed E-state index contributed by atoms with van der Waals surface area (Å²) in [6.45, 7) is 0. The summed E-state index contributed by atoms with van der Waals surface area (Å²) in [7, 11) is 0. The molecule has 3 aliphatic rings. The lowest BCUT2D eigenvalue weighted by Gasteiger charge is -2.25. The van der Waals surface area contributed by atoms with Crippen molar-refractivity contribution in [3.8, 4) is 28.0 Å². The molecule has 1 atom stereocenters. The van der Waals surface area contributed by atoms with Crippen LogP contribution in [0.1, 0.15) is 33.9 Å². The molecule has 1 unspecified atom stereocenters. The lowest BCUT2D eigenvalue weighted by Crippen LogP contribution is -2.33. The average Bonchev–Trinajstić information content (AvgIpc) is 4.08. The number of aromatic nitrogens is 3. The van der Waals surface area contributed by atoms with Crippen molar-refractivity contribution in [1.29, 1.82) is 0 Å². The molecule has 7 heteroatoms. The van der Waals surface area contributed by atoms with E-state index in [1.54, 1.807) is 0 Å². The standard InChI is InChI=1S/C52H31N5OS/c1-3-13-30(14-4-1)27-40-35-19-9-10-20-36(35)41-28-33(23-25-37(40)41)39-29-43-45(48-47(39)55-59-56-48)38-21-11-12-22-42(38)57(43)52-50-49(53-51(54-52)32-16-5-2-6-17-32)46-34-18-8-7-15-31(34)24-26-44(46)58-50/h1-29,49H,(H,53,54). The maximum Gasteiger partial charge on any atom is 0.181 e. The summed E-state index contributed by atoms with van der Waals surface area (Å²) < 4.78 is 19.2. The smallest absolute Gasteiger partial charge is 0.181 e. The van der Waals surface area contributed by atoms with Crippen LogP contribution in [0.15, 0.2) is 181 Å². The number of para-hydroxylation sites is 1. The van der Waals surface area contributed by atoms with Gasteiger partial charge in [-0.05, 0) is 80.1 Å². The highest BCUT2D eigenvalue weighted by Gasteiger charge is 2.39. The minimum atomic E-state index is -0.255. The Morgan fingerprint density at radius 3 is 2.19 bits per heavy atom. The number of fused-ring (bicyclic) bond motifs is 13. The number of hydrogen-bond donors (Lipinski definition) is 1. The van der Waals surface area contributed by atoms with Crippen LogP contribution in [0, 0.1) is 0 Å². The van der Waals surface area contributed by atoms with E-state index in [-0.39, 0.29) is 6.04 Å². The first-order valence-corrected chi connectivity index (χ1v) is 20.5. The Bertz CT molecular complexity index is 3500. The Balaban J connectivity index is 1.07. The van der Waals surface area contributed by atoms with Gasteiger partial charge in [-0.1, -0.05) is 146 Å². The average molecular weight is 774 g/mol. The van der Waals surface area contributed by atoms with Crippen LogP contribution in [0.5, 0.6) is 5.75 Å². The van der Waals surface area contributed by atoms with Crippen molar-refractivity contribution in [2.45, 2.75) is 6.04 Å². The van der Waals surface area contributed by atoms with Gasteiger partial charge in [0.1, 0.15) is 28.7 Å². The first-order chi connectivity index (χ1) is 29.3. The number of nitrogens with one attached hydrogen (secondary N) is 1. The van der Waals surface area contributed by atoms with Crippen LogP contribution in [0.25, 0.3) is 83.3 Å². The molecule has 59 heavy (non-hydrogen) atoms. The number of ether oxygens (including phenoxy) is 1. The van der Waals surface area contributed by atoms with Crippen molar-refractivity contribution < 1.29 is 4.74 Å². The molecular weight excluding hydrogens is 743 g/mol. The fraction of sp³-hybridized carbons (Fsp3) is 0.0192. The normalized spacial score (nSPS) is 16.0. The highest BCUT2D eigenvalue weighted by molar-refractivity contribution is 7.00. The third-order valence-corrected chi connectivity index (χ3v) is 12.6. The minimum absolute atomic E-state index is 0.255. The molecule has 0 fully saturated rings. The Kier molecular flexibility index (Phi) is 6.85. The van der Waals surface area contributed by atoms with Crippen LogP contribution in [0.4, 0.5) is 0 Å². The van der Waals surface area contributed by atoms with E-state index < -0.39 is 0 Å². The molecule has 10 aromatic rings. The zero-order valence-electron chi connectivity index (χ0n) is 31.4. The molecule has 0 radical (unpaired) electrons. The van der Waals surface area contributed by atoms with Gasteiger partial charge in [-0.15, -0.1) is 0 Å². The molecule has 6 nitrogen and oxygen atoms in total. The molecule has 13 rings (SSSR count). The van der Waals surface area contributed by atoms with E-state index >= 15 is 0 Å².